The van der Waals surface area contributed by atoms with Crippen LogP contribution in [0.3, 0.4) is 0 Å². The number of methoxy groups -OCH3 is 2. The van der Waals surface area contributed by atoms with Crippen molar-refractivity contribution in [2.24, 2.45) is 0 Å². The van der Waals surface area contributed by atoms with Gasteiger partial charge in [0.25, 0.3) is 5.91 Å². The lowest BCUT2D eigenvalue weighted by atomic mass is 10.1. The molecule has 0 aliphatic carbocycles. The number of furan rings is 1. The van der Waals surface area contributed by atoms with Gasteiger partial charge in [0.1, 0.15) is 22.6 Å². The van der Waals surface area contributed by atoms with Crippen LogP contribution in [-0.4, -0.2) is 36.7 Å². The molecule has 4 rings (SSSR count). The van der Waals surface area contributed by atoms with Crippen molar-refractivity contribution < 1.29 is 23.5 Å². The average Bonchev–Trinajstić information content (AvgIpc) is 3.44. The zero-order chi connectivity index (χ0) is 21.8. The maximum Gasteiger partial charge on any atom is 0.255 e. The first-order valence-electron chi connectivity index (χ1n) is 9.66. The van der Waals surface area contributed by atoms with Gasteiger partial charge in [-0.1, -0.05) is 12.1 Å². The minimum Gasteiger partial charge on any atom is -0.497 e. The Balaban J connectivity index is 1.47. The number of carbonyl (C=O) groups excluding carboxylic acids is 2. The van der Waals surface area contributed by atoms with E-state index >= 15 is 0 Å². The van der Waals surface area contributed by atoms with E-state index in [1.165, 1.54) is 7.11 Å². The maximum atomic E-state index is 12.7. The number of thioether (sulfide) groups is 1. The predicted octanol–water partition coefficient (Wildman–Crippen LogP) is 4.32. The Morgan fingerprint density at radius 1 is 1.16 bits per heavy atom. The molecule has 2 aromatic carbocycles. The van der Waals surface area contributed by atoms with Gasteiger partial charge in [0.05, 0.1) is 38.5 Å². The molecule has 1 aromatic heterocycles. The molecule has 1 fully saturated rings. The third-order valence-electron chi connectivity index (χ3n) is 4.99. The SMILES string of the molecule is COc1ccc(NC(=O)c2ccc([C@H]3SCC(=O)N3Cc3ccco3)cc2)c(OC)c1. The van der Waals surface area contributed by atoms with Crippen LogP contribution in [0.5, 0.6) is 11.5 Å². The number of amides is 2. The Kier molecular flexibility index (Phi) is 6.18. The lowest BCUT2D eigenvalue weighted by molar-refractivity contribution is -0.128. The third-order valence-corrected chi connectivity index (χ3v) is 6.25. The van der Waals surface area contributed by atoms with Crippen LogP contribution in [0.15, 0.2) is 65.3 Å². The van der Waals surface area contributed by atoms with Crippen LogP contribution in [0.25, 0.3) is 0 Å². The van der Waals surface area contributed by atoms with Crippen LogP contribution in [0.2, 0.25) is 0 Å². The lowest BCUT2D eigenvalue weighted by Crippen LogP contribution is -2.27. The van der Waals surface area contributed by atoms with Crippen molar-refractivity contribution >= 4 is 29.3 Å². The van der Waals surface area contributed by atoms with Gasteiger partial charge < -0.3 is 24.1 Å². The molecule has 2 amide bonds. The summed E-state index contributed by atoms with van der Waals surface area (Å²) in [6, 6.07) is 16.1. The van der Waals surface area contributed by atoms with E-state index < -0.39 is 0 Å². The summed E-state index contributed by atoms with van der Waals surface area (Å²) >= 11 is 1.56. The van der Waals surface area contributed by atoms with E-state index in [1.807, 2.05) is 24.3 Å². The summed E-state index contributed by atoms with van der Waals surface area (Å²) < 4.78 is 15.9. The zero-order valence-electron chi connectivity index (χ0n) is 17.2. The quantitative estimate of drug-likeness (QED) is 0.592. The lowest BCUT2D eigenvalue weighted by Gasteiger charge is -2.23. The third kappa shape index (κ3) is 4.54. The number of anilines is 1. The molecule has 0 radical (unpaired) electrons. The van der Waals surface area contributed by atoms with Crippen molar-refractivity contribution in [3.05, 3.63) is 77.7 Å². The second-order valence-electron chi connectivity index (χ2n) is 6.91. The maximum absolute atomic E-state index is 12.7. The fourth-order valence-corrected chi connectivity index (χ4v) is 4.55. The molecule has 1 N–H and O–H groups in total. The summed E-state index contributed by atoms with van der Waals surface area (Å²) in [6.07, 6.45) is 1.60. The van der Waals surface area contributed by atoms with Crippen LogP contribution in [-0.2, 0) is 11.3 Å². The number of hydrogen-bond acceptors (Lipinski definition) is 6. The summed E-state index contributed by atoms with van der Waals surface area (Å²) in [7, 11) is 3.11. The molecule has 1 aliphatic rings. The molecule has 0 unspecified atom stereocenters. The van der Waals surface area contributed by atoms with Crippen LogP contribution < -0.4 is 14.8 Å². The fourth-order valence-electron chi connectivity index (χ4n) is 3.37. The first-order chi connectivity index (χ1) is 15.1. The second kappa shape index (κ2) is 9.18. The van der Waals surface area contributed by atoms with Crippen LogP contribution >= 0.6 is 11.8 Å². The molecule has 3 aromatic rings. The van der Waals surface area contributed by atoms with Gasteiger partial charge in [0, 0.05) is 11.6 Å². The highest BCUT2D eigenvalue weighted by Gasteiger charge is 2.33. The number of nitrogens with one attached hydrogen (secondary N) is 1. The van der Waals surface area contributed by atoms with E-state index in [4.69, 9.17) is 13.9 Å². The van der Waals surface area contributed by atoms with E-state index in [1.54, 1.807) is 60.4 Å². The Labute approximate surface area is 184 Å². The molecule has 160 valence electrons. The number of nitrogens with zero attached hydrogens (tertiary/aromatic N) is 1. The van der Waals surface area contributed by atoms with Gasteiger partial charge in [-0.25, -0.2) is 0 Å². The Hall–Kier alpha value is -3.39. The molecular formula is C23H22N2O5S. The standard InChI is InChI=1S/C23H22N2O5S/c1-28-17-9-10-19(20(12-17)29-2)24-22(27)15-5-7-16(8-6-15)23-25(21(26)14-31-23)13-18-4-3-11-30-18/h3-12,23H,13-14H2,1-2H3,(H,24,27)/t23-/m1/s1. The molecule has 0 saturated carbocycles. The van der Waals surface area contributed by atoms with Gasteiger partial charge >= 0.3 is 0 Å². The van der Waals surface area contributed by atoms with E-state index in [-0.39, 0.29) is 17.2 Å². The summed E-state index contributed by atoms with van der Waals surface area (Å²) in [5.74, 6) is 2.13. The molecule has 1 aliphatic heterocycles. The Morgan fingerprint density at radius 3 is 2.65 bits per heavy atom. The monoisotopic (exact) mass is 438 g/mol. The smallest absolute Gasteiger partial charge is 0.255 e. The topological polar surface area (TPSA) is 81.0 Å². The highest BCUT2D eigenvalue weighted by molar-refractivity contribution is 8.00. The van der Waals surface area contributed by atoms with Gasteiger partial charge in [0.15, 0.2) is 0 Å². The van der Waals surface area contributed by atoms with Gasteiger partial charge in [0.2, 0.25) is 5.91 Å². The van der Waals surface area contributed by atoms with E-state index in [0.29, 0.717) is 35.0 Å². The molecule has 2 heterocycles. The van der Waals surface area contributed by atoms with Gasteiger partial charge in [-0.15, -0.1) is 11.8 Å². The van der Waals surface area contributed by atoms with E-state index in [0.717, 1.165) is 11.3 Å². The zero-order valence-corrected chi connectivity index (χ0v) is 18.0. The summed E-state index contributed by atoms with van der Waals surface area (Å²) in [5, 5.41) is 2.75. The minimum atomic E-state index is -0.252. The normalized spacial score (nSPS) is 15.7. The molecular weight excluding hydrogens is 416 g/mol. The molecule has 1 atom stereocenters. The number of ether oxygens (including phenoxy) is 2. The number of carbonyl (C=O) groups is 2. The van der Waals surface area contributed by atoms with Crippen molar-refractivity contribution in [1.82, 2.24) is 4.90 Å². The molecule has 8 heteroatoms. The van der Waals surface area contributed by atoms with E-state index in [2.05, 4.69) is 5.32 Å². The highest BCUT2D eigenvalue weighted by Crippen LogP contribution is 2.39. The fraction of sp³-hybridized carbons (Fsp3) is 0.217. The van der Waals surface area contributed by atoms with E-state index in [9.17, 15) is 9.59 Å². The second-order valence-corrected chi connectivity index (χ2v) is 7.98. The Bertz CT molecular complexity index is 1070. The van der Waals surface area contributed by atoms with Gasteiger partial charge in [-0.05, 0) is 42.0 Å². The van der Waals surface area contributed by atoms with Crippen molar-refractivity contribution in [3.8, 4) is 11.5 Å². The number of rotatable bonds is 7. The highest BCUT2D eigenvalue weighted by atomic mass is 32.2. The minimum absolute atomic E-state index is 0.0693. The molecule has 31 heavy (non-hydrogen) atoms. The Morgan fingerprint density at radius 2 is 1.97 bits per heavy atom. The van der Waals surface area contributed by atoms with Crippen LogP contribution in [0, 0.1) is 0 Å². The summed E-state index contributed by atoms with van der Waals surface area (Å²) in [6.45, 7) is 0.420. The van der Waals surface area contributed by atoms with Gasteiger partial charge in [-0.2, -0.15) is 0 Å². The van der Waals surface area contributed by atoms with Crippen LogP contribution in [0.4, 0.5) is 5.69 Å². The van der Waals surface area contributed by atoms with Crippen molar-refractivity contribution in [3.63, 3.8) is 0 Å². The van der Waals surface area contributed by atoms with Crippen molar-refractivity contribution in [2.45, 2.75) is 11.9 Å². The van der Waals surface area contributed by atoms with Gasteiger partial charge in [-0.3, -0.25) is 9.59 Å². The first kappa shape index (κ1) is 20.9. The van der Waals surface area contributed by atoms with Crippen LogP contribution in [0.1, 0.15) is 27.1 Å². The summed E-state index contributed by atoms with van der Waals surface area (Å²) in [4.78, 5) is 26.9. The largest absolute Gasteiger partial charge is 0.497 e. The average molecular weight is 439 g/mol. The predicted molar refractivity (Wildman–Crippen MR) is 118 cm³/mol. The molecule has 1 saturated heterocycles. The van der Waals surface area contributed by atoms with Crippen molar-refractivity contribution in [1.29, 1.82) is 0 Å². The number of benzene rings is 2. The number of hydrogen-bond donors (Lipinski definition) is 1. The molecule has 7 nitrogen and oxygen atoms in total. The molecule has 0 bridgehead atoms. The van der Waals surface area contributed by atoms with Crippen molar-refractivity contribution in [2.75, 3.05) is 25.3 Å². The first-order valence-corrected chi connectivity index (χ1v) is 10.7. The molecule has 0 spiro atoms. The summed E-state index contributed by atoms with van der Waals surface area (Å²) in [5.41, 5.74) is 2.02.